The Labute approximate surface area is 208 Å². The molecule has 0 spiro atoms. The molecule has 4 atom stereocenters. The van der Waals surface area contributed by atoms with Crippen molar-refractivity contribution >= 4 is 22.1 Å². The maximum absolute atomic E-state index is 13.0. The molecule has 3 aromatic rings. The number of aliphatic hydroxyl groups excluding tert-OH is 1. The number of carbonyl (C=O) groups is 2. The molecule has 0 bridgehead atoms. The van der Waals surface area contributed by atoms with Gasteiger partial charge >= 0.3 is 11.9 Å². The molecule has 36 heavy (non-hydrogen) atoms. The molecule has 0 aromatic heterocycles. The Morgan fingerprint density at radius 1 is 0.833 bits per heavy atom. The molecule has 1 saturated heterocycles. The van der Waals surface area contributed by atoms with Gasteiger partial charge < -0.3 is 19.3 Å². The van der Waals surface area contributed by atoms with E-state index in [0.29, 0.717) is 0 Å². The van der Waals surface area contributed by atoms with E-state index in [9.17, 15) is 23.1 Å². The second-order valence-electron chi connectivity index (χ2n) is 8.09. The van der Waals surface area contributed by atoms with Gasteiger partial charge in [-0.1, -0.05) is 54.1 Å². The Bertz CT molecular complexity index is 1290. The molecule has 10 heteroatoms. The van der Waals surface area contributed by atoms with Crippen molar-refractivity contribution in [3.8, 4) is 0 Å². The van der Waals surface area contributed by atoms with Crippen molar-refractivity contribution in [3.05, 3.63) is 102 Å². The van der Waals surface area contributed by atoms with Gasteiger partial charge in [0.15, 0.2) is 12.4 Å². The number of hydrogen-bond acceptors (Lipinski definition) is 9. The molecule has 0 radical (unpaired) electrons. The number of aryl methyl sites for hydroxylation is 1. The van der Waals surface area contributed by atoms with Gasteiger partial charge in [0, 0.05) is 0 Å². The van der Waals surface area contributed by atoms with Gasteiger partial charge in [0.25, 0.3) is 10.1 Å². The lowest BCUT2D eigenvalue weighted by Crippen LogP contribution is -2.42. The fourth-order valence-electron chi connectivity index (χ4n) is 3.57. The number of rotatable bonds is 8. The van der Waals surface area contributed by atoms with E-state index in [1.54, 1.807) is 67.6 Å². The van der Waals surface area contributed by atoms with Gasteiger partial charge in [0.2, 0.25) is 0 Å². The zero-order chi connectivity index (χ0) is 25.7. The minimum Gasteiger partial charge on any atom is -0.459 e. The topological polar surface area (TPSA) is 125 Å². The van der Waals surface area contributed by atoms with E-state index in [1.165, 1.54) is 24.3 Å². The third-order valence-electron chi connectivity index (χ3n) is 5.47. The molecule has 188 valence electrons. The normalized spacial score (nSPS) is 21.6. The number of benzene rings is 3. The first-order valence-corrected chi connectivity index (χ1v) is 12.5. The van der Waals surface area contributed by atoms with Crippen LogP contribution in [-0.2, 0) is 28.5 Å². The molecule has 0 saturated carbocycles. The van der Waals surface area contributed by atoms with E-state index in [4.69, 9.17) is 18.4 Å². The smallest absolute Gasteiger partial charge is 0.338 e. The van der Waals surface area contributed by atoms with E-state index in [1.807, 2.05) is 0 Å². The van der Waals surface area contributed by atoms with Crippen molar-refractivity contribution in [3.63, 3.8) is 0 Å². The second-order valence-corrected chi connectivity index (χ2v) is 9.67. The minimum atomic E-state index is -4.36. The summed E-state index contributed by atoms with van der Waals surface area (Å²) in [6.07, 6.45) is -5.99. The number of ether oxygens (including phenoxy) is 3. The van der Waals surface area contributed by atoms with Crippen LogP contribution in [0.5, 0.6) is 0 Å². The van der Waals surface area contributed by atoms with E-state index < -0.39 is 53.3 Å². The summed E-state index contributed by atoms with van der Waals surface area (Å²) in [4.78, 5) is 24.9. The SMILES string of the molecule is Cc1ccc(S(=O)(=O)O[C@H]2[C@@H](COC(=O)c3ccccc3)OC(O)[C@@H]2OC(=O)c2ccccc2)cc1. The quantitative estimate of drug-likeness (QED) is 0.358. The maximum Gasteiger partial charge on any atom is 0.338 e. The number of carbonyl (C=O) groups excluding carboxylic acids is 2. The van der Waals surface area contributed by atoms with Crippen LogP contribution in [0, 0.1) is 6.92 Å². The lowest BCUT2D eigenvalue weighted by Gasteiger charge is -2.23. The van der Waals surface area contributed by atoms with Crippen LogP contribution < -0.4 is 0 Å². The third-order valence-corrected chi connectivity index (χ3v) is 6.80. The van der Waals surface area contributed by atoms with Crippen molar-refractivity contribution in [1.82, 2.24) is 0 Å². The Hall–Kier alpha value is -3.57. The van der Waals surface area contributed by atoms with Gasteiger partial charge in [0.05, 0.1) is 16.0 Å². The largest absolute Gasteiger partial charge is 0.459 e. The summed E-state index contributed by atoms with van der Waals surface area (Å²) in [6.45, 7) is 1.34. The summed E-state index contributed by atoms with van der Waals surface area (Å²) in [7, 11) is -4.36. The number of hydrogen-bond donors (Lipinski definition) is 1. The Morgan fingerprint density at radius 2 is 1.39 bits per heavy atom. The average molecular weight is 513 g/mol. The van der Waals surface area contributed by atoms with E-state index >= 15 is 0 Å². The summed E-state index contributed by atoms with van der Waals surface area (Å²) < 4.78 is 47.5. The van der Waals surface area contributed by atoms with Gasteiger partial charge in [-0.2, -0.15) is 8.42 Å². The monoisotopic (exact) mass is 512 g/mol. The first-order chi connectivity index (χ1) is 17.2. The van der Waals surface area contributed by atoms with Crippen LogP contribution in [0.4, 0.5) is 0 Å². The molecule has 0 aliphatic carbocycles. The highest BCUT2D eigenvalue weighted by Gasteiger charge is 2.50. The van der Waals surface area contributed by atoms with Crippen molar-refractivity contribution in [2.24, 2.45) is 0 Å². The Balaban J connectivity index is 1.56. The van der Waals surface area contributed by atoms with Crippen LogP contribution in [0.2, 0.25) is 0 Å². The molecular weight excluding hydrogens is 488 g/mol. The summed E-state index contributed by atoms with van der Waals surface area (Å²) in [5.74, 6) is -1.50. The molecular formula is C26H24O9S. The van der Waals surface area contributed by atoms with Crippen LogP contribution in [-0.4, -0.2) is 56.7 Å². The molecule has 0 amide bonds. The molecule has 1 heterocycles. The number of aliphatic hydroxyl groups is 1. The minimum absolute atomic E-state index is 0.136. The molecule has 9 nitrogen and oxygen atoms in total. The van der Waals surface area contributed by atoms with Gasteiger partial charge in [-0.25, -0.2) is 9.59 Å². The molecule has 1 aliphatic rings. The van der Waals surface area contributed by atoms with Gasteiger partial charge in [-0.3, -0.25) is 4.18 Å². The fraction of sp³-hybridized carbons (Fsp3) is 0.231. The third kappa shape index (κ3) is 5.97. The summed E-state index contributed by atoms with van der Waals surface area (Å²) in [5, 5.41) is 10.5. The van der Waals surface area contributed by atoms with Gasteiger partial charge in [-0.15, -0.1) is 0 Å². The van der Waals surface area contributed by atoms with Crippen LogP contribution in [0.1, 0.15) is 26.3 Å². The fourth-order valence-corrected chi connectivity index (χ4v) is 4.68. The van der Waals surface area contributed by atoms with Crippen LogP contribution >= 0.6 is 0 Å². The molecule has 4 rings (SSSR count). The maximum atomic E-state index is 13.0. The first-order valence-electron chi connectivity index (χ1n) is 11.1. The van der Waals surface area contributed by atoms with Crippen LogP contribution in [0.25, 0.3) is 0 Å². The first kappa shape index (κ1) is 25.5. The zero-order valence-electron chi connectivity index (χ0n) is 19.2. The lowest BCUT2D eigenvalue weighted by molar-refractivity contribution is -0.135. The highest BCUT2D eigenvalue weighted by Crippen LogP contribution is 2.30. The highest BCUT2D eigenvalue weighted by atomic mass is 32.2. The van der Waals surface area contributed by atoms with Crippen molar-refractivity contribution in [2.75, 3.05) is 6.61 Å². The van der Waals surface area contributed by atoms with Crippen molar-refractivity contribution < 1.29 is 41.5 Å². The molecule has 3 aromatic carbocycles. The Kier molecular flexibility index (Phi) is 7.80. The van der Waals surface area contributed by atoms with Gasteiger partial charge in [-0.05, 0) is 43.3 Å². The van der Waals surface area contributed by atoms with Crippen LogP contribution in [0.3, 0.4) is 0 Å². The van der Waals surface area contributed by atoms with Gasteiger partial charge in [0.1, 0.15) is 18.8 Å². The van der Waals surface area contributed by atoms with E-state index in [2.05, 4.69) is 0 Å². The summed E-state index contributed by atoms with van der Waals surface area (Å²) in [6, 6.07) is 22.0. The average Bonchev–Trinajstić information content (AvgIpc) is 3.17. The highest BCUT2D eigenvalue weighted by molar-refractivity contribution is 7.86. The second kappa shape index (κ2) is 11.0. The predicted octanol–water partition coefficient (Wildman–Crippen LogP) is 2.87. The number of esters is 2. The van der Waals surface area contributed by atoms with E-state index in [0.717, 1.165) is 5.56 Å². The summed E-state index contributed by atoms with van der Waals surface area (Å²) in [5.41, 5.74) is 1.30. The standard InChI is InChI=1S/C26H24O9S/c1-17-12-14-20(15-13-17)36(30,31)35-22-21(16-32-24(27)18-8-4-2-5-9-18)33-26(29)23(22)34-25(28)19-10-6-3-7-11-19/h2-15,21-23,26,29H,16H2,1H3/t21-,22+,23-,26?/m1/s1. The molecule has 1 unspecified atom stereocenters. The Morgan fingerprint density at radius 3 is 1.97 bits per heavy atom. The predicted molar refractivity (Wildman–Crippen MR) is 126 cm³/mol. The lowest BCUT2D eigenvalue weighted by atomic mass is 10.1. The van der Waals surface area contributed by atoms with Crippen molar-refractivity contribution in [1.29, 1.82) is 0 Å². The molecule has 1 N–H and O–H groups in total. The van der Waals surface area contributed by atoms with Crippen LogP contribution in [0.15, 0.2) is 89.8 Å². The molecule has 1 fully saturated rings. The van der Waals surface area contributed by atoms with Crippen molar-refractivity contribution in [2.45, 2.75) is 36.4 Å². The zero-order valence-corrected chi connectivity index (χ0v) is 20.0. The molecule has 1 aliphatic heterocycles. The summed E-state index contributed by atoms with van der Waals surface area (Å²) >= 11 is 0. The van der Waals surface area contributed by atoms with E-state index in [-0.39, 0.29) is 16.0 Å².